The number of rotatable bonds is 2. The molecule has 0 bridgehead atoms. The van der Waals surface area contributed by atoms with Crippen molar-refractivity contribution < 1.29 is 0 Å². The van der Waals surface area contributed by atoms with Gasteiger partial charge in [0.25, 0.3) is 0 Å². The number of para-hydroxylation sites is 2. The van der Waals surface area contributed by atoms with Gasteiger partial charge in [0, 0.05) is 44.8 Å². The summed E-state index contributed by atoms with van der Waals surface area (Å²) in [6, 6.07) is 16.9. The van der Waals surface area contributed by atoms with E-state index < -0.39 is 0 Å². The second kappa shape index (κ2) is 5.50. The number of fused-ring (bicyclic) bond motifs is 2. The van der Waals surface area contributed by atoms with Gasteiger partial charge in [0.1, 0.15) is 0 Å². The van der Waals surface area contributed by atoms with Crippen LogP contribution in [-0.2, 0) is 0 Å². The standard InChI is InChI=1S/C16H13N2P.Li.H/c1-3-7-13-11(5-1)15(9-17-13)19-16-10-18-14-8-4-2-6-12(14)16;;/h1-10,17-19H;;. The molecule has 0 radical (unpaired) electrons. The Morgan fingerprint density at radius 1 is 0.650 bits per heavy atom. The fourth-order valence-corrected chi connectivity index (χ4v) is 3.78. The van der Waals surface area contributed by atoms with Gasteiger partial charge in [0.05, 0.1) is 0 Å². The van der Waals surface area contributed by atoms with Gasteiger partial charge in [0.2, 0.25) is 0 Å². The number of H-pyrrole nitrogens is 2. The summed E-state index contributed by atoms with van der Waals surface area (Å²) in [5.74, 6) is 0. The van der Waals surface area contributed by atoms with Crippen LogP contribution < -0.4 is 10.6 Å². The molecule has 2 heterocycles. The van der Waals surface area contributed by atoms with Gasteiger partial charge in [0.15, 0.2) is 0 Å². The van der Waals surface area contributed by atoms with Gasteiger partial charge < -0.3 is 9.97 Å². The van der Waals surface area contributed by atoms with Crippen LogP contribution in [0.3, 0.4) is 0 Å². The maximum atomic E-state index is 3.35. The van der Waals surface area contributed by atoms with Crippen LogP contribution in [0.4, 0.5) is 0 Å². The van der Waals surface area contributed by atoms with E-state index in [-0.39, 0.29) is 18.9 Å². The van der Waals surface area contributed by atoms with Crippen molar-refractivity contribution >= 4 is 59.9 Å². The minimum Gasteiger partial charge on any atom is -0.361 e. The predicted octanol–water partition coefficient (Wildman–Crippen LogP) is 2.63. The largest absolute Gasteiger partial charge is 0.361 e. The van der Waals surface area contributed by atoms with E-state index in [0.717, 1.165) is 0 Å². The molecule has 0 fully saturated rings. The third kappa shape index (κ3) is 2.21. The molecule has 2 nitrogen and oxygen atoms in total. The van der Waals surface area contributed by atoms with E-state index in [0.29, 0.717) is 8.58 Å². The number of hydrogen-bond acceptors (Lipinski definition) is 0. The summed E-state index contributed by atoms with van der Waals surface area (Å²) in [5.41, 5.74) is 2.43. The summed E-state index contributed by atoms with van der Waals surface area (Å²) in [6.07, 6.45) is 4.26. The van der Waals surface area contributed by atoms with E-state index in [4.69, 9.17) is 0 Å². The van der Waals surface area contributed by atoms with Crippen molar-refractivity contribution in [1.82, 2.24) is 9.97 Å². The van der Waals surface area contributed by atoms with Gasteiger partial charge in [-0.05, 0) is 12.1 Å². The molecule has 4 heteroatoms. The Balaban J connectivity index is 0.00000121. The molecule has 0 atom stereocenters. The molecule has 0 spiro atoms. The Kier molecular flexibility index (Phi) is 3.72. The Labute approximate surface area is 130 Å². The van der Waals surface area contributed by atoms with Crippen molar-refractivity contribution in [2.75, 3.05) is 0 Å². The van der Waals surface area contributed by atoms with Crippen molar-refractivity contribution in [3.05, 3.63) is 60.9 Å². The molecular weight excluding hydrogens is 258 g/mol. The molecule has 4 rings (SSSR count). The minimum absolute atomic E-state index is 0. The summed E-state index contributed by atoms with van der Waals surface area (Å²) in [7, 11) is 0.671. The summed E-state index contributed by atoms with van der Waals surface area (Å²) in [5, 5.41) is 5.40. The Bertz CT molecular complexity index is 791. The first-order valence-corrected chi connectivity index (χ1v) is 7.31. The zero-order valence-electron chi connectivity index (χ0n) is 10.3. The summed E-state index contributed by atoms with van der Waals surface area (Å²) < 4.78 is 0. The third-order valence-corrected chi connectivity index (χ3v) is 4.81. The number of benzene rings is 2. The van der Waals surface area contributed by atoms with Crippen molar-refractivity contribution in [1.29, 1.82) is 0 Å². The molecule has 0 saturated heterocycles. The Hall–Kier alpha value is -1.45. The maximum absolute atomic E-state index is 3.35. The Morgan fingerprint density at radius 3 is 1.60 bits per heavy atom. The second-order valence-electron chi connectivity index (χ2n) is 4.62. The van der Waals surface area contributed by atoms with E-state index in [1.165, 1.54) is 32.4 Å². The topological polar surface area (TPSA) is 31.6 Å². The van der Waals surface area contributed by atoms with E-state index in [1.54, 1.807) is 0 Å². The van der Waals surface area contributed by atoms with E-state index >= 15 is 0 Å². The summed E-state index contributed by atoms with van der Waals surface area (Å²) in [4.78, 5) is 6.69. The first-order chi connectivity index (χ1) is 9.42. The van der Waals surface area contributed by atoms with Crippen LogP contribution in [0.15, 0.2) is 60.9 Å². The van der Waals surface area contributed by atoms with Crippen LogP contribution in [0.2, 0.25) is 0 Å². The molecule has 20 heavy (non-hydrogen) atoms. The fraction of sp³-hybridized carbons (Fsp3) is 0. The molecule has 2 aromatic heterocycles. The normalized spacial score (nSPS) is 10.8. The summed E-state index contributed by atoms with van der Waals surface area (Å²) in [6.45, 7) is 0. The molecule has 0 unspecified atom stereocenters. The molecule has 94 valence electrons. The second-order valence-corrected chi connectivity index (χ2v) is 5.95. The van der Waals surface area contributed by atoms with E-state index in [1.807, 2.05) is 0 Å². The van der Waals surface area contributed by atoms with Crippen LogP contribution in [0.1, 0.15) is 0 Å². The van der Waals surface area contributed by atoms with Crippen molar-refractivity contribution in [2.45, 2.75) is 0 Å². The van der Waals surface area contributed by atoms with Gasteiger partial charge in [-0.3, -0.25) is 0 Å². The van der Waals surface area contributed by atoms with Gasteiger partial charge in [-0.15, -0.1) is 0 Å². The summed E-state index contributed by atoms with van der Waals surface area (Å²) >= 11 is 0. The van der Waals surface area contributed by atoms with Crippen LogP contribution >= 0.6 is 8.58 Å². The quantitative estimate of drug-likeness (QED) is 0.415. The molecule has 2 aromatic carbocycles. The van der Waals surface area contributed by atoms with Crippen LogP contribution in [0.5, 0.6) is 0 Å². The SMILES string of the molecule is [LiH].c1ccc2c(Pc3c[nH]c4ccccc34)c[nH]c2c1. The van der Waals surface area contributed by atoms with Gasteiger partial charge >= 0.3 is 18.9 Å². The van der Waals surface area contributed by atoms with Crippen LogP contribution in [0, 0.1) is 0 Å². The van der Waals surface area contributed by atoms with Crippen molar-refractivity contribution in [3.8, 4) is 0 Å². The average Bonchev–Trinajstić information content (AvgIpc) is 3.05. The smallest absolute Gasteiger partial charge is 0.0460 e. The first kappa shape index (κ1) is 13.5. The number of aromatic amines is 2. The number of nitrogens with one attached hydrogen (secondary N) is 2. The van der Waals surface area contributed by atoms with Crippen molar-refractivity contribution in [2.24, 2.45) is 0 Å². The minimum atomic E-state index is 0. The molecule has 0 amide bonds. The zero-order valence-corrected chi connectivity index (χ0v) is 11.3. The molecule has 4 aromatic rings. The molecule has 0 aliphatic heterocycles. The number of aromatic nitrogens is 2. The maximum Gasteiger partial charge on any atom is 0.0460 e. The van der Waals surface area contributed by atoms with E-state index in [9.17, 15) is 0 Å². The molecular formula is C16H14LiN2P. The van der Waals surface area contributed by atoms with E-state index in [2.05, 4.69) is 70.9 Å². The molecule has 0 aliphatic carbocycles. The molecule has 0 saturated carbocycles. The van der Waals surface area contributed by atoms with Crippen LogP contribution in [-0.4, -0.2) is 28.8 Å². The van der Waals surface area contributed by atoms with Crippen molar-refractivity contribution in [3.63, 3.8) is 0 Å². The number of hydrogen-bond donors (Lipinski definition) is 2. The predicted molar refractivity (Wildman–Crippen MR) is 91.3 cm³/mol. The average molecular weight is 272 g/mol. The molecule has 2 N–H and O–H groups in total. The van der Waals surface area contributed by atoms with Gasteiger partial charge in [-0.25, -0.2) is 0 Å². The van der Waals surface area contributed by atoms with Gasteiger partial charge in [-0.1, -0.05) is 45.0 Å². The third-order valence-electron chi connectivity index (χ3n) is 3.45. The van der Waals surface area contributed by atoms with Gasteiger partial charge in [-0.2, -0.15) is 0 Å². The monoisotopic (exact) mass is 272 g/mol. The Morgan fingerprint density at radius 2 is 1.10 bits per heavy atom. The van der Waals surface area contributed by atoms with Crippen LogP contribution in [0.25, 0.3) is 21.8 Å². The molecule has 0 aliphatic rings. The first-order valence-electron chi connectivity index (χ1n) is 6.31. The zero-order chi connectivity index (χ0) is 12.7. The fourth-order valence-electron chi connectivity index (χ4n) is 2.49.